The molecule has 2 heterocycles. The predicted octanol–water partition coefficient (Wildman–Crippen LogP) is 9.25. The molecule has 0 spiro atoms. The normalized spacial score (nSPS) is 13.0. The summed E-state index contributed by atoms with van der Waals surface area (Å²) in [4.78, 5) is 0. The van der Waals surface area contributed by atoms with Crippen LogP contribution in [0.25, 0.3) is 21.9 Å². The number of pyridine rings is 2. The second kappa shape index (κ2) is 11.6. The van der Waals surface area contributed by atoms with Crippen molar-refractivity contribution >= 4 is 10.8 Å². The highest BCUT2D eigenvalue weighted by Gasteiger charge is 2.38. The molecule has 0 atom stereocenters. The topological polar surface area (TPSA) is 7.76 Å². The highest BCUT2D eigenvalue weighted by molar-refractivity contribution is 5.85. The second-order valence-corrected chi connectivity index (χ2v) is 10.5. The molecule has 0 N–H and O–H groups in total. The first-order valence-electron chi connectivity index (χ1n) is 13.2. The third-order valence-corrected chi connectivity index (χ3v) is 7.09. The fourth-order valence-corrected chi connectivity index (χ4v) is 4.91. The Balaban J connectivity index is 1.40. The summed E-state index contributed by atoms with van der Waals surface area (Å²) in [5.74, 6) is 0. The average Bonchev–Trinajstić information content (AvgIpc) is 2.95. The fraction of sp³-hybridized carbons (Fsp3) is 0.188. The second-order valence-electron chi connectivity index (χ2n) is 10.5. The summed E-state index contributed by atoms with van der Waals surface area (Å²) < 4.78 is 162. The first-order valence-corrected chi connectivity index (χ1v) is 13.2. The number of nitrogens with zero attached hydrogens (tertiary/aromatic N) is 2. The summed E-state index contributed by atoms with van der Waals surface area (Å²) in [6.45, 7) is -0.569. The van der Waals surface area contributed by atoms with Crippen LogP contribution in [-0.4, -0.2) is 0 Å². The molecular weight excluding hydrogens is 640 g/mol. The molecule has 0 saturated carbocycles. The van der Waals surface area contributed by atoms with Gasteiger partial charge in [-0.15, -0.1) is 0 Å². The van der Waals surface area contributed by atoms with Gasteiger partial charge in [0.15, 0.2) is 37.9 Å². The van der Waals surface area contributed by atoms with Crippen LogP contribution < -0.4 is 9.13 Å². The molecule has 0 saturated heterocycles. The minimum absolute atomic E-state index is 0.0556. The van der Waals surface area contributed by atoms with Crippen LogP contribution in [0.5, 0.6) is 0 Å². The van der Waals surface area contributed by atoms with E-state index in [0.29, 0.717) is 40.8 Å². The Hall–Kier alpha value is -4.62. The maximum Gasteiger partial charge on any atom is 0.416 e. The van der Waals surface area contributed by atoms with Crippen LogP contribution in [0.1, 0.15) is 33.4 Å². The van der Waals surface area contributed by atoms with Gasteiger partial charge in [0.1, 0.15) is 0 Å². The van der Waals surface area contributed by atoms with Gasteiger partial charge in [-0.05, 0) is 59.0 Å². The third kappa shape index (κ3) is 7.60. The van der Waals surface area contributed by atoms with E-state index in [1.54, 1.807) is 42.6 Å². The van der Waals surface area contributed by atoms with Crippen molar-refractivity contribution in [2.75, 3.05) is 0 Å². The molecule has 46 heavy (non-hydrogen) atoms. The zero-order valence-electron chi connectivity index (χ0n) is 23.1. The molecular formula is C32H20F12N2+2. The van der Waals surface area contributed by atoms with Crippen LogP contribution in [0.4, 0.5) is 52.7 Å². The molecule has 5 rings (SSSR count). The Bertz CT molecular complexity index is 1820. The molecule has 5 aromatic rings. The van der Waals surface area contributed by atoms with E-state index in [1.165, 1.54) is 27.7 Å². The van der Waals surface area contributed by atoms with Crippen molar-refractivity contribution in [2.45, 2.75) is 37.8 Å². The van der Waals surface area contributed by atoms with E-state index in [4.69, 9.17) is 0 Å². The van der Waals surface area contributed by atoms with Crippen LogP contribution in [-0.2, 0) is 37.8 Å². The zero-order chi connectivity index (χ0) is 33.7. The van der Waals surface area contributed by atoms with E-state index < -0.39 is 47.0 Å². The molecule has 14 heteroatoms. The Kier molecular flexibility index (Phi) is 8.28. The van der Waals surface area contributed by atoms with Gasteiger partial charge in [0, 0.05) is 34.7 Å². The zero-order valence-corrected chi connectivity index (χ0v) is 23.1. The van der Waals surface area contributed by atoms with Crippen molar-refractivity contribution in [1.82, 2.24) is 0 Å². The summed E-state index contributed by atoms with van der Waals surface area (Å²) in [5.41, 5.74) is -4.83. The molecule has 0 radical (unpaired) electrons. The maximum atomic E-state index is 13.3. The lowest BCUT2D eigenvalue weighted by Crippen LogP contribution is -2.33. The van der Waals surface area contributed by atoms with Gasteiger partial charge in [-0.3, -0.25) is 0 Å². The van der Waals surface area contributed by atoms with E-state index >= 15 is 0 Å². The summed E-state index contributed by atoms with van der Waals surface area (Å²) in [5, 5.41) is 1.32. The summed E-state index contributed by atoms with van der Waals surface area (Å²) in [6.07, 6.45) is -13.9. The Morgan fingerprint density at radius 1 is 0.391 bits per heavy atom. The number of benzene rings is 3. The number of rotatable bonds is 5. The van der Waals surface area contributed by atoms with Gasteiger partial charge >= 0.3 is 24.7 Å². The molecule has 0 unspecified atom stereocenters. The molecule has 0 aliphatic carbocycles. The van der Waals surface area contributed by atoms with Crippen LogP contribution >= 0.6 is 0 Å². The molecule has 0 fully saturated rings. The number of hydrogen-bond donors (Lipinski definition) is 0. The first kappa shape index (κ1) is 32.8. The number of hydrogen-bond acceptors (Lipinski definition) is 0. The largest absolute Gasteiger partial charge is 0.416 e. The van der Waals surface area contributed by atoms with Crippen molar-refractivity contribution in [3.8, 4) is 11.1 Å². The monoisotopic (exact) mass is 660 g/mol. The highest BCUT2D eigenvalue weighted by Crippen LogP contribution is 2.38. The summed E-state index contributed by atoms with van der Waals surface area (Å²) in [7, 11) is 0. The molecule has 240 valence electrons. The summed E-state index contributed by atoms with van der Waals surface area (Å²) in [6, 6.07) is 12.8. The van der Waals surface area contributed by atoms with E-state index in [9.17, 15) is 52.7 Å². The SMILES string of the molecule is FC(F)(F)c1cc(C[n+]2ccc(-c3ccc4cc[n+](Cc5cc(C(F)(F)F)cc(C(F)(F)F)c5)cc4c3)cc2)cc(C(F)(F)F)c1. The average molecular weight is 661 g/mol. The number of fused-ring (bicyclic) bond motifs is 1. The van der Waals surface area contributed by atoms with Gasteiger partial charge in [-0.25, -0.2) is 9.13 Å². The van der Waals surface area contributed by atoms with E-state index in [0.717, 1.165) is 5.39 Å². The van der Waals surface area contributed by atoms with Crippen molar-refractivity contribution in [2.24, 2.45) is 0 Å². The van der Waals surface area contributed by atoms with E-state index in [2.05, 4.69) is 0 Å². The van der Waals surface area contributed by atoms with E-state index in [-0.39, 0.29) is 36.3 Å². The molecule has 0 aliphatic rings. The van der Waals surface area contributed by atoms with Crippen LogP contribution in [0.15, 0.2) is 97.6 Å². The number of alkyl halides is 12. The lowest BCUT2D eigenvalue weighted by atomic mass is 10.0. The van der Waals surface area contributed by atoms with Gasteiger partial charge < -0.3 is 0 Å². The van der Waals surface area contributed by atoms with Gasteiger partial charge in [0.2, 0.25) is 0 Å². The quantitative estimate of drug-likeness (QED) is 0.131. The lowest BCUT2D eigenvalue weighted by molar-refractivity contribution is -0.688. The molecule has 0 amide bonds. The first-order chi connectivity index (χ1) is 21.3. The maximum absolute atomic E-state index is 13.3. The van der Waals surface area contributed by atoms with Gasteiger partial charge in [0.05, 0.1) is 22.3 Å². The van der Waals surface area contributed by atoms with Gasteiger partial charge in [0.25, 0.3) is 0 Å². The lowest BCUT2D eigenvalue weighted by Gasteiger charge is -2.13. The smallest absolute Gasteiger partial charge is 0.201 e. The molecule has 2 aromatic heterocycles. The minimum atomic E-state index is -4.98. The van der Waals surface area contributed by atoms with Crippen LogP contribution in [0, 0.1) is 0 Å². The Labute approximate surface area is 252 Å². The van der Waals surface area contributed by atoms with E-state index in [1.807, 2.05) is 0 Å². The third-order valence-electron chi connectivity index (χ3n) is 7.09. The van der Waals surface area contributed by atoms with Crippen molar-refractivity contribution in [1.29, 1.82) is 0 Å². The van der Waals surface area contributed by atoms with Crippen molar-refractivity contribution < 1.29 is 61.8 Å². The van der Waals surface area contributed by atoms with Gasteiger partial charge in [-0.1, -0.05) is 12.1 Å². The van der Waals surface area contributed by atoms with Crippen molar-refractivity contribution in [3.05, 3.63) is 131 Å². The number of halogens is 12. The summed E-state index contributed by atoms with van der Waals surface area (Å²) >= 11 is 0. The van der Waals surface area contributed by atoms with Crippen LogP contribution in [0.2, 0.25) is 0 Å². The van der Waals surface area contributed by atoms with Gasteiger partial charge in [-0.2, -0.15) is 52.7 Å². The molecule has 2 nitrogen and oxygen atoms in total. The van der Waals surface area contributed by atoms with Crippen LogP contribution in [0.3, 0.4) is 0 Å². The molecule has 0 aliphatic heterocycles. The molecule has 3 aromatic carbocycles. The molecule has 0 bridgehead atoms. The van der Waals surface area contributed by atoms with Crippen molar-refractivity contribution in [3.63, 3.8) is 0 Å². The highest BCUT2D eigenvalue weighted by atomic mass is 19.4. The minimum Gasteiger partial charge on any atom is -0.201 e. The standard InChI is InChI=1S/C32H20F12N2/c33-29(34,35)25-9-19(10-26(14-25)30(36,37)38)16-45-6-3-22(4-7-45)23-2-1-21-5-8-46(18-24(21)13-23)17-20-11-27(31(39,40)41)15-28(12-20)32(42,43)44/h1-15,18H,16-17H2/q+2. The Morgan fingerprint density at radius 3 is 1.24 bits per heavy atom. The Morgan fingerprint density at radius 2 is 0.804 bits per heavy atom. The predicted molar refractivity (Wildman–Crippen MR) is 141 cm³/mol. The fourth-order valence-electron chi connectivity index (χ4n) is 4.91. The number of aromatic nitrogens is 2.